The molecule has 1 atom stereocenters. The number of halogens is 2. The largest absolute Gasteiger partial charge is 0.489 e. The second-order valence-electron chi connectivity index (χ2n) is 5.80. The molecule has 0 saturated carbocycles. The quantitative estimate of drug-likeness (QED) is 0.239. The average molecular weight is 467 g/mol. The summed E-state index contributed by atoms with van der Waals surface area (Å²) in [6.07, 6.45) is 1.08. The predicted octanol–water partition coefficient (Wildman–Crippen LogP) is 3.58. The summed E-state index contributed by atoms with van der Waals surface area (Å²) in [5.74, 6) is 1.13. The number of hydrogen-bond acceptors (Lipinski definition) is 3. The molecule has 0 aliphatic carbocycles. The van der Waals surface area contributed by atoms with Gasteiger partial charge in [-0.1, -0.05) is 0 Å². The van der Waals surface area contributed by atoms with Gasteiger partial charge in [0, 0.05) is 19.7 Å². The Bertz CT molecular complexity index is 484. The second-order valence-corrected chi connectivity index (χ2v) is 5.80. The predicted molar refractivity (Wildman–Crippen MR) is 112 cm³/mol. The smallest absolute Gasteiger partial charge is 0.191 e. The Morgan fingerprint density at radius 3 is 2.44 bits per heavy atom. The molecule has 0 heterocycles. The third-order valence-electron chi connectivity index (χ3n) is 3.07. The third kappa shape index (κ3) is 12.0. The zero-order valence-corrected chi connectivity index (χ0v) is 17.9. The maximum atomic E-state index is 12.9. The molecular weight excluding hydrogens is 436 g/mol. The van der Waals surface area contributed by atoms with E-state index in [2.05, 4.69) is 15.6 Å². The molecule has 1 unspecified atom stereocenters. The van der Waals surface area contributed by atoms with E-state index in [1.54, 1.807) is 12.1 Å². The van der Waals surface area contributed by atoms with Crippen LogP contribution in [0.2, 0.25) is 0 Å². The van der Waals surface area contributed by atoms with Gasteiger partial charge in [0.15, 0.2) is 5.96 Å². The van der Waals surface area contributed by atoms with Gasteiger partial charge in [0.05, 0.1) is 12.6 Å². The summed E-state index contributed by atoms with van der Waals surface area (Å²) in [5.41, 5.74) is 0. The summed E-state index contributed by atoms with van der Waals surface area (Å²) in [6, 6.07) is 6.01. The van der Waals surface area contributed by atoms with E-state index >= 15 is 0 Å². The SMILES string of the molecule is CCNC(=NCC(C)Oc1ccc(F)cc1)NCCCOC(C)C.I. The number of benzene rings is 1. The standard InChI is InChI=1S/C18H30FN3O2.HI/c1-5-20-18(21-11-6-12-23-14(2)3)22-13-15(4)24-17-9-7-16(19)8-10-17;/h7-10,14-15H,5-6,11-13H2,1-4H3,(H2,20,21,22);1H. The molecular formula is C18H31FIN3O2. The molecule has 0 fully saturated rings. The summed E-state index contributed by atoms with van der Waals surface area (Å²) in [4.78, 5) is 4.51. The molecule has 0 aliphatic heterocycles. The topological polar surface area (TPSA) is 54.9 Å². The molecule has 0 spiro atoms. The zero-order chi connectivity index (χ0) is 17.8. The van der Waals surface area contributed by atoms with Crippen LogP contribution in [0.15, 0.2) is 29.3 Å². The van der Waals surface area contributed by atoms with Crippen molar-refractivity contribution in [3.05, 3.63) is 30.1 Å². The van der Waals surface area contributed by atoms with E-state index in [0.717, 1.165) is 32.1 Å². The van der Waals surface area contributed by atoms with Gasteiger partial charge < -0.3 is 20.1 Å². The van der Waals surface area contributed by atoms with Gasteiger partial charge in [-0.05, 0) is 58.4 Å². The summed E-state index contributed by atoms with van der Waals surface area (Å²) < 4.78 is 24.1. The maximum absolute atomic E-state index is 12.9. The Labute approximate surface area is 167 Å². The van der Waals surface area contributed by atoms with E-state index in [1.807, 2.05) is 27.7 Å². The molecule has 0 aromatic heterocycles. The molecule has 0 saturated heterocycles. The van der Waals surface area contributed by atoms with Gasteiger partial charge in [-0.3, -0.25) is 0 Å². The lowest BCUT2D eigenvalue weighted by Crippen LogP contribution is -2.38. The van der Waals surface area contributed by atoms with Gasteiger partial charge in [-0.25, -0.2) is 9.38 Å². The summed E-state index contributed by atoms with van der Waals surface area (Å²) >= 11 is 0. The molecule has 1 aromatic carbocycles. The third-order valence-corrected chi connectivity index (χ3v) is 3.07. The van der Waals surface area contributed by atoms with Crippen molar-refractivity contribution in [2.75, 3.05) is 26.2 Å². The van der Waals surface area contributed by atoms with Crippen LogP contribution in [0.4, 0.5) is 4.39 Å². The number of guanidine groups is 1. The van der Waals surface area contributed by atoms with Gasteiger partial charge in [-0.2, -0.15) is 0 Å². The Morgan fingerprint density at radius 2 is 1.84 bits per heavy atom. The molecule has 0 aliphatic rings. The summed E-state index contributed by atoms with van der Waals surface area (Å²) in [6.45, 7) is 10.9. The Balaban J connectivity index is 0.00000576. The van der Waals surface area contributed by atoms with E-state index in [4.69, 9.17) is 9.47 Å². The highest BCUT2D eigenvalue weighted by atomic mass is 127. The number of nitrogens with one attached hydrogen (secondary N) is 2. The number of hydrogen-bond donors (Lipinski definition) is 2. The Kier molecular flexibility index (Phi) is 13.5. The van der Waals surface area contributed by atoms with Crippen LogP contribution in [0.5, 0.6) is 5.75 Å². The first-order valence-electron chi connectivity index (χ1n) is 8.57. The van der Waals surface area contributed by atoms with Crippen molar-refractivity contribution in [1.29, 1.82) is 0 Å². The first-order valence-corrected chi connectivity index (χ1v) is 8.57. The van der Waals surface area contributed by atoms with Crippen LogP contribution in [-0.4, -0.2) is 44.4 Å². The van der Waals surface area contributed by atoms with E-state index in [0.29, 0.717) is 12.3 Å². The Hall–Kier alpha value is -1.09. The monoisotopic (exact) mass is 467 g/mol. The molecule has 1 aromatic rings. The first-order chi connectivity index (χ1) is 11.5. The fraction of sp³-hybridized carbons (Fsp3) is 0.611. The van der Waals surface area contributed by atoms with Crippen molar-refractivity contribution in [1.82, 2.24) is 10.6 Å². The van der Waals surface area contributed by atoms with Crippen molar-refractivity contribution >= 4 is 29.9 Å². The fourth-order valence-corrected chi connectivity index (χ4v) is 1.94. The van der Waals surface area contributed by atoms with Crippen LogP contribution in [0.25, 0.3) is 0 Å². The molecule has 1 rings (SSSR count). The normalized spacial score (nSPS) is 12.5. The number of nitrogens with zero attached hydrogens (tertiary/aromatic N) is 1. The lowest BCUT2D eigenvalue weighted by Gasteiger charge is -2.15. The van der Waals surface area contributed by atoms with Crippen LogP contribution in [0.1, 0.15) is 34.1 Å². The van der Waals surface area contributed by atoms with Gasteiger partial charge in [0.2, 0.25) is 0 Å². The summed E-state index contributed by atoms with van der Waals surface area (Å²) in [7, 11) is 0. The maximum Gasteiger partial charge on any atom is 0.191 e. The van der Waals surface area contributed by atoms with Crippen molar-refractivity contribution in [2.45, 2.75) is 46.3 Å². The highest BCUT2D eigenvalue weighted by molar-refractivity contribution is 14.0. The van der Waals surface area contributed by atoms with Crippen LogP contribution in [0.3, 0.4) is 0 Å². The van der Waals surface area contributed by atoms with Crippen LogP contribution < -0.4 is 15.4 Å². The lowest BCUT2D eigenvalue weighted by atomic mass is 10.3. The van der Waals surface area contributed by atoms with Crippen LogP contribution in [0, 0.1) is 5.82 Å². The highest BCUT2D eigenvalue weighted by Crippen LogP contribution is 2.12. The molecule has 0 radical (unpaired) electrons. The van der Waals surface area contributed by atoms with Crippen molar-refractivity contribution in [3.8, 4) is 5.75 Å². The molecule has 7 heteroatoms. The van der Waals surface area contributed by atoms with E-state index in [9.17, 15) is 4.39 Å². The lowest BCUT2D eigenvalue weighted by molar-refractivity contribution is 0.0776. The summed E-state index contributed by atoms with van der Waals surface area (Å²) in [5, 5.41) is 6.48. The molecule has 5 nitrogen and oxygen atoms in total. The van der Waals surface area contributed by atoms with Gasteiger partial charge in [0.1, 0.15) is 17.7 Å². The van der Waals surface area contributed by atoms with E-state index in [-0.39, 0.29) is 42.0 Å². The molecule has 25 heavy (non-hydrogen) atoms. The van der Waals surface area contributed by atoms with Gasteiger partial charge in [-0.15, -0.1) is 24.0 Å². The fourth-order valence-electron chi connectivity index (χ4n) is 1.94. The molecule has 0 amide bonds. The number of rotatable bonds is 10. The van der Waals surface area contributed by atoms with Crippen LogP contribution in [-0.2, 0) is 4.74 Å². The Morgan fingerprint density at radius 1 is 1.16 bits per heavy atom. The average Bonchev–Trinajstić information content (AvgIpc) is 2.54. The van der Waals surface area contributed by atoms with E-state index < -0.39 is 0 Å². The molecule has 0 bridgehead atoms. The first kappa shape index (κ1) is 23.9. The number of aliphatic imine (C=N–C) groups is 1. The number of ether oxygens (including phenoxy) is 2. The van der Waals surface area contributed by atoms with Crippen molar-refractivity contribution in [3.63, 3.8) is 0 Å². The van der Waals surface area contributed by atoms with Crippen molar-refractivity contribution < 1.29 is 13.9 Å². The minimum atomic E-state index is -0.270. The van der Waals surface area contributed by atoms with Gasteiger partial charge >= 0.3 is 0 Å². The minimum Gasteiger partial charge on any atom is -0.489 e. The second kappa shape index (κ2) is 14.1. The van der Waals surface area contributed by atoms with Gasteiger partial charge in [0.25, 0.3) is 0 Å². The molecule has 144 valence electrons. The zero-order valence-electron chi connectivity index (χ0n) is 15.5. The van der Waals surface area contributed by atoms with Crippen LogP contribution >= 0.6 is 24.0 Å². The minimum absolute atomic E-state index is 0. The van der Waals surface area contributed by atoms with Crippen molar-refractivity contribution in [2.24, 2.45) is 4.99 Å². The van der Waals surface area contributed by atoms with E-state index in [1.165, 1.54) is 12.1 Å². The highest BCUT2D eigenvalue weighted by Gasteiger charge is 2.05. The molecule has 2 N–H and O–H groups in total.